The fourth-order valence-electron chi connectivity index (χ4n) is 1.91. The molecule has 0 atom stereocenters. The van der Waals surface area contributed by atoms with Gasteiger partial charge in [-0.3, -0.25) is 9.78 Å². The molecule has 0 aliphatic heterocycles. The van der Waals surface area contributed by atoms with Crippen LogP contribution in [0, 0.1) is 5.82 Å². The van der Waals surface area contributed by atoms with Crippen molar-refractivity contribution in [3.63, 3.8) is 0 Å². The molecular weight excluding hydrogens is 299 g/mol. The molecule has 2 aromatic rings. The van der Waals surface area contributed by atoms with Crippen LogP contribution in [0.15, 0.2) is 54.5 Å². The highest BCUT2D eigenvalue weighted by Gasteiger charge is 2.22. The molecule has 6 heteroatoms. The first-order chi connectivity index (χ1) is 11.0. The second-order valence-corrected chi connectivity index (χ2v) is 4.68. The molecule has 1 aromatic carbocycles. The molecule has 5 nitrogen and oxygen atoms in total. The number of methoxy groups -OCH3 is 1. The van der Waals surface area contributed by atoms with E-state index >= 15 is 0 Å². The summed E-state index contributed by atoms with van der Waals surface area (Å²) in [5.41, 5.74) is 0.955. The van der Waals surface area contributed by atoms with Crippen molar-refractivity contribution in [3.8, 4) is 0 Å². The fraction of sp³-hybridized carbons (Fsp3) is 0.118. The Morgan fingerprint density at radius 2 is 1.91 bits per heavy atom. The predicted molar refractivity (Wildman–Crippen MR) is 82.7 cm³/mol. The Morgan fingerprint density at radius 1 is 1.22 bits per heavy atom. The number of aromatic nitrogens is 1. The molecular formula is C17H15FN2O3. The average molecular weight is 314 g/mol. The molecule has 0 N–H and O–H groups in total. The Kier molecular flexibility index (Phi) is 5.19. The highest BCUT2D eigenvalue weighted by Crippen LogP contribution is 2.15. The standard InChI is InChI=1S/C17H15FN2O3/c1-20(16(21)13-5-7-14(18)8-6-13)15(17(22)23-2)10-12-4-3-9-19-11-12/h3-11H,1-2H3/b15-10+. The third-order valence-corrected chi connectivity index (χ3v) is 3.14. The van der Waals surface area contributed by atoms with Crippen LogP contribution < -0.4 is 0 Å². The molecule has 0 saturated heterocycles. The second-order valence-electron chi connectivity index (χ2n) is 4.68. The summed E-state index contributed by atoms with van der Waals surface area (Å²) >= 11 is 0. The molecule has 0 saturated carbocycles. The molecule has 0 fully saturated rings. The maximum absolute atomic E-state index is 13.0. The fourth-order valence-corrected chi connectivity index (χ4v) is 1.91. The third kappa shape index (κ3) is 4.00. The number of esters is 1. The Hall–Kier alpha value is -3.02. The van der Waals surface area contributed by atoms with Gasteiger partial charge < -0.3 is 9.64 Å². The summed E-state index contributed by atoms with van der Waals surface area (Å²) < 4.78 is 17.7. The number of carbonyl (C=O) groups excluding carboxylic acids is 2. The van der Waals surface area contributed by atoms with Crippen LogP contribution in [0.25, 0.3) is 6.08 Å². The smallest absolute Gasteiger partial charge is 0.354 e. The van der Waals surface area contributed by atoms with E-state index < -0.39 is 17.7 Å². The quantitative estimate of drug-likeness (QED) is 0.643. The van der Waals surface area contributed by atoms with Gasteiger partial charge in [0.2, 0.25) is 0 Å². The van der Waals surface area contributed by atoms with Crippen molar-refractivity contribution < 1.29 is 18.7 Å². The van der Waals surface area contributed by atoms with E-state index in [4.69, 9.17) is 4.74 Å². The zero-order chi connectivity index (χ0) is 16.8. The SMILES string of the molecule is COC(=O)/C(=C\c1cccnc1)N(C)C(=O)c1ccc(F)cc1. The molecule has 0 aliphatic rings. The number of benzene rings is 1. The van der Waals surface area contributed by atoms with E-state index in [1.807, 2.05) is 0 Å². The maximum Gasteiger partial charge on any atom is 0.354 e. The second kappa shape index (κ2) is 7.31. The summed E-state index contributed by atoms with van der Waals surface area (Å²) in [6.45, 7) is 0. The number of hydrogen-bond acceptors (Lipinski definition) is 4. The van der Waals surface area contributed by atoms with Gasteiger partial charge in [0.05, 0.1) is 7.11 Å². The summed E-state index contributed by atoms with van der Waals surface area (Å²) in [5.74, 6) is -1.55. The van der Waals surface area contributed by atoms with Crippen LogP contribution in [0.2, 0.25) is 0 Å². The van der Waals surface area contributed by atoms with Gasteiger partial charge in [-0.05, 0) is 42.0 Å². The zero-order valence-corrected chi connectivity index (χ0v) is 12.7. The molecule has 23 heavy (non-hydrogen) atoms. The maximum atomic E-state index is 13.0. The van der Waals surface area contributed by atoms with Gasteiger partial charge in [-0.1, -0.05) is 6.07 Å². The number of pyridine rings is 1. The molecule has 0 aliphatic carbocycles. The van der Waals surface area contributed by atoms with Crippen molar-refractivity contribution >= 4 is 18.0 Å². The molecule has 0 radical (unpaired) electrons. The molecule has 2 rings (SSSR count). The number of halogens is 1. The van der Waals surface area contributed by atoms with Crippen molar-refractivity contribution in [3.05, 3.63) is 71.4 Å². The van der Waals surface area contributed by atoms with Gasteiger partial charge in [0, 0.05) is 25.0 Å². The first-order valence-corrected chi connectivity index (χ1v) is 6.76. The van der Waals surface area contributed by atoms with E-state index in [1.165, 1.54) is 44.5 Å². The molecule has 0 bridgehead atoms. The minimum Gasteiger partial charge on any atom is -0.464 e. The summed E-state index contributed by atoms with van der Waals surface area (Å²) in [6.07, 6.45) is 4.65. The first kappa shape index (κ1) is 16.4. The molecule has 0 spiro atoms. The lowest BCUT2D eigenvalue weighted by molar-refractivity contribution is -0.137. The lowest BCUT2D eigenvalue weighted by atomic mass is 10.1. The van der Waals surface area contributed by atoms with Crippen LogP contribution in [0.5, 0.6) is 0 Å². The number of ether oxygens (including phenoxy) is 1. The summed E-state index contributed by atoms with van der Waals surface area (Å²) in [6, 6.07) is 8.53. The van der Waals surface area contributed by atoms with Crippen LogP contribution in [0.3, 0.4) is 0 Å². The molecule has 1 heterocycles. The normalized spacial score (nSPS) is 11.0. The van der Waals surface area contributed by atoms with Crippen LogP contribution in [0.4, 0.5) is 4.39 Å². The zero-order valence-electron chi connectivity index (χ0n) is 12.7. The van der Waals surface area contributed by atoms with E-state index in [0.29, 0.717) is 5.56 Å². The van der Waals surface area contributed by atoms with Crippen LogP contribution in [-0.2, 0) is 9.53 Å². The number of likely N-dealkylation sites (N-methyl/N-ethyl adjacent to an activating group) is 1. The van der Waals surface area contributed by atoms with Crippen LogP contribution in [-0.4, -0.2) is 35.9 Å². The van der Waals surface area contributed by atoms with E-state index in [2.05, 4.69) is 4.98 Å². The summed E-state index contributed by atoms with van der Waals surface area (Å²) in [4.78, 5) is 29.5. The minimum absolute atomic E-state index is 0.0508. The van der Waals surface area contributed by atoms with Gasteiger partial charge in [0.1, 0.15) is 11.5 Å². The largest absolute Gasteiger partial charge is 0.464 e. The van der Waals surface area contributed by atoms with E-state index in [0.717, 1.165) is 4.90 Å². The van der Waals surface area contributed by atoms with Crippen molar-refractivity contribution in [1.29, 1.82) is 0 Å². The Balaban J connectivity index is 2.35. The van der Waals surface area contributed by atoms with Gasteiger partial charge in [-0.15, -0.1) is 0 Å². The van der Waals surface area contributed by atoms with Gasteiger partial charge in [0.15, 0.2) is 0 Å². The number of amides is 1. The first-order valence-electron chi connectivity index (χ1n) is 6.76. The van der Waals surface area contributed by atoms with Crippen molar-refractivity contribution in [1.82, 2.24) is 9.88 Å². The molecule has 1 aromatic heterocycles. The van der Waals surface area contributed by atoms with Gasteiger partial charge in [-0.25, -0.2) is 9.18 Å². The van der Waals surface area contributed by atoms with Gasteiger partial charge in [-0.2, -0.15) is 0 Å². The van der Waals surface area contributed by atoms with Gasteiger partial charge in [0.25, 0.3) is 5.91 Å². The highest BCUT2D eigenvalue weighted by molar-refractivity contribution is 6.03. The molecule has 1 amide bonds. The summed E-state index contributed by atoms with van der Waals surface area (Å²) in [7, 11) is 2.68. The Morgan fingerprint density at radius 3 is 2.48 bits per heavy atom. The third-order valence-electron chi connectivity index (χ3n) is 3.14. The van der Waals surface area contributed by atoms with Crippen LogP contribution >= 0.6 is 0 Å². The van der Waals surface area contributed by atoms with E-state index in [9.17, 15) is 14.0 Å². The lowest BCUT2D eigenvalue weighted by Gasteiger charge is -2.19. The van der Waals surface area contributed by atoms with Gasteiger partial charge >= 0.3 is 5.97 Å². The topological polar surface area (TPSA) is 59.5 Å². The number of carbonyl (C=O) groups is 2. The Bertz CT molecular complexity index is 727. The summed E-state index contributed by atoms with van der Waals surface area (Å²) in [5, 5.41) is 0. The highest BCUT2D eigenvalue weighted by atomic mass is 19.1. The minimum atomic E-state index is -0.660. The lowest BCUT2D eigenvalue weighted by Crippen LogP contribution is -2.30. The molecule has 118 valence electrons. The molecule has 0 unspecified atom stereocenters. The number of rotatable bonds is 4. The van der Waals surface area contributed by atoms with Crippen molar-refractivity contribution in [2.75, 3.05) is 14.2 Å². The van der Waals surface area contributed by atoms with Crippen molar-refractivity contribution in [2.45, 2.75) is 0 Å². The average Bonchev–Trinajstić information content (AvgIpc) is 2.59. The monoisotopic (exact) mass is 314 g/mol. The van der Waals surface area contributed by atoms with E-state index in [-0.39, 0.29) is 11.3 Å². The predicted octanol–water partition coefficient (Wildman–Crippen LogP) is 2.51. The van der Waals surface area contributed by atoms with Crippen molar-refractivity contribution in [2.24, 2.45) is 0 Å². The number of nitrogens with zero attached hydrogens (tertiary/aromatic N) is 2. The number of hydrogen-bond donors (Lipinski definition) is 0. The van der Waals surface area contributed by atoms with Crippen LogP contribution in [0.1, 0.15) is 15.9 Å². The Labute approximate surface area is 133 Å². The van der Waals surface area contributed by atoms with E-state index in [1.54, 1.807) is 24.5 Å².